The first kappa shape index (κ1) is 12.1. The molecule has 0 spiro atoms. The van der Waals surface area contributed by atoms with Crippen LogP contribution in [0.5, 0.6) is 0 Å². The molecule has 0 amide bonds. The van der Waals surface area contributed by atoms with Crippen LogP contribution in [0, 0.1) is 11.8 Å². The minimum atomic E-state index is -0.619. The van der Waals surface area contributed by atoms with E-state index in [0.717, 1.165) is 12.0 Å². The van der Waals surface area contributed by atoms with E-state index in [0.29, 0.717) is 0 Å². The van der Waals surface area contributed by atoms with Gasteiger partial charge in [-0.25, -0.2) is 0 Å². The Morgan fingerprint density at radius 2 is 1.88 bits per heavy atom. The molecule has 1 aromatic rings. The average molecular weight is 234 g/mol. The molecule has 2 rings (SSSR count). The molecule has 1 heterocycles. The monoisotopic (exact) mass is 234 g/mol. The van der Waals surface area contributed by atoms with Crippen molar-refractivity contribution in [2.45, 2.75) is 32.5 Å². The van der Waals surface area contributed by atoms with Gasteiger partial charge in [0.1, 0.15) is 6.10 Å². The van der Waals surface area contributed by atoms with Gasteiger partial charge in [-0.3, -0.25) is 4.79 Å². The molecular formula is C14H18O3. The summed E-state index contributed by atoms with van der Waals surface area (Å²) in [5.74, 6) is -0.751. The maximum atomic E-state index is 11.4. The van der Waals surface area contributed by atoms with Crippen molar-refractivity contribution in [3.8, 4) is 0 Å². The van der Waals surface area contributed by atoms with E-state index in [1.165, 1.54) is 0 Å². The molecule has 1 fully saturated rings. The second-order valence-corrected chi connectivity index (χ2v) is 4.77. The molecule has 0 bridgehead atoms. The maximum Gasteiger partial charge on any atom is 0.311 e. The number of hydrogen-bond acceptors (Lipinski definition) is 3. The summed E-state index contributed by atoms with van der Waals surface area (Å²) in [5.41, 5.74) is 1.16. The Labute approximate surface area is 101 Å². The topological polar surface area (TPSA) is 46.5 Å². The first-order chi connectivity index (χ1) is 8.09. The van der Waals surface area contributed by atoms with Crippen LogP contribution < -0.4 is 0 Å². The zero-order valence-electron chi connectivity index (χ0n) is 10.2. The molecule has 17 heavy (non-hydrogen) atoms. The lowest BCUT2D eigenvalue weighted by Gasteiger charge is -2.36. The van der Waals surface area contributed by atoms with E-state index in [4.69, 9.17) is 4.74 Å². The smallest absolute Gasteiger partial charge is 0.311 e. The lowest BCUT2D eigenvalue weighted by molar-refractivity contribution is -0.176. The van der Waals surface area contributed by atoms with Crippen molar-refractivity contribution in [1.29, 1.82) is 0 Å². The number of aliphatic hydroxyl groups is 1. The van der Waals surface area contributed by atoms with Crippen molar-refractivity contribution in [1.82, 2.24) is 0 Å². The lowest BCUT2D eigenvalue weighted by Crippen LogP contribution is -2.47. The van der Waals surface area contributed by atoms with Gasteiger partial charge in [-0.15, -0.1) is 0 Å². The summed E-state index contributed by atoms with van der Waals surface area (Å²) in [7, 11) is 0. The van der Waals surface area contributed by atoms with Gasteiger partial charge in [-0.2, -0.15) is 0 Å². The number of carbonyl (C=O) groups is 1. The van der Waals surface area contributed by atoms with Gasteiger partial charge in [0.15, 0.2) is 0 Å². The van der Waals surface area contributed by atoms with Gasteiger partial charge in [0.05, 0.1) is 12.0 Å². The van der Waals surface area contributed by atoms with E-state index >= 15 is 0 Å². The summed E-state index contributed by atoms with van der Waals surface area (Å²) in [5, 5.41) is 10.1. The Bertz CT molecular complexity index is 388. The normalized spacial score (nSPS) is 33.2. The summed E-state index contributed by atoms with van der Waals surface area (Å²) in [6.45, 7) is 3.57. The van der Waals surface area contributed by atoms with Gasteiger partial charge in [0, 0.05) is 5.92 Å². The minimum absolute atomic E-state index is 0.0231. The molecule has 0 aliphatic carbocycles. The van der Waals surface area contributed by atoms with Crippen molar-refractivity contribution >= 4 is 5.97 Å². The van der Waals surface area contributed by atoms with Gasteiger partial charge in [0.2, 0.25) is 0 Å². The Morgan fingerprint density at radius 1 is 1.24 bits per heavy atom. The highest BCUT2D eigenvalue weighted by Gasteiger charge is 2.40. The van der Waals surface area contributed by atoms with E-state index in [2.05, 4.69) is 0 Å². The number of cyclic esters (lactones) is 1. The molecule has 0 unspecified atom stereocenters. The number of ether oxygens (including phenoxy) is 1. The van der Waals surface area contributed by atoms with Gasteiger partial charge >= 0.3 is 5.97 Å². The third kappa shape index (κ3) is 2.50. The maximum absolute atomic E-state index is 11.4. The molecule has 3 heteroatoms. The Kier molecular flexibility index (Phi) is 3.48. The largest absolute Gasteiger partial charge is 0.462 e. The van der Waals surface area contributed by atoms with Crippen molar-refractivity contribution in [2.24, 2.45) is 11.8 Å². The number of aliphatic hydroxyl groups excluding tert-OH is 1. The third-order valence-electron chi connectivity index (χ3n) is 3.54. The second-order valence-electron chi connectivity index (χ2n) is 4.77. The van der Waals surface area contributed by atoms with Gasteiger partial charge < -0.3 is 9.84 Å². The summed E-state index contributed by atoms with van der Waals surface area (Å²) in [6, 6.07) is 9.98. The van der Waals surface area contributed by atoms with Crippen LogP contribution in [0.3, 0.4) is 0 Å². The van der Waals surface area contributed by atoms with E-state index in [9.17, 15) is 9.90 Å². The van der Waals surface area contributed by atoms with Gasteiger partial charge in [0.25, 0.3) is 0 Å². The van der Waals surface area contributed by atoms with Crippen molar-refractivity contribution in [3.05, 3.63) is 35.9 Å². The molecule has 1 aliphatic rings. The molecule has 92 valence electrons. The first-order valence-electron chi connectivity index (χ1n) is 6.02. The van der Waals surface area contributed by atoms with Crippen LogP contribution in [0.15, 0.2) is 30.3 Å². The van der Waals surface area contributed by atoms with Crippen LogP contribution in [0.4, 0.5) is 0 Å². The zero-order chi connectivity index (χ0) is 12.4. The van der Waals surface area contributed by atoms with Crippen molar-refractivity contribution < 1.29 is 14.6 Å². The Hall–Kier alpha value is -1.35. The molecule has 3 nitrogen and oxygen atoms in total. The molecule has 1 aliphatic heterocycles. The fourth-order valence-electron chi connectivity index (χ4n) is 2.34. The molecule has 0 radical (unpaired) electrons. The Morgan fingerprint density at radius 3 is 2.53 bits per heavy atom. The van der Waals surface area contributed by atoms with Crippen LogP contribution in [-0.4, -0.2) is 23.3 Å². The second kappa shape index (κ2) is 4.88. The molecule has 0 saturated carbocycles. The predicted octanol–water partition coefficient (Wildman–Crippen LogP) is 1.79. The van der Waals surface area contributed by atoms with Crippen LogP contribution in [-0.2, 0) is 16.0 Å². The van der Waals surface area contributed by atoms with Crippen LogP contribution >= 0.6 is 0 Å². The van der Waals surface area contributed by atoms with E-state index in [1.54, 1.807) is 6.92 Å². The molecule has 1 saturated heterocycles. The van der Waals surface area contributed by atoms with Crippen molar-refractivity contribution in [3.63, 3.8) is 0 Å². The summed E-state index contributed by atoms with van der Waals surface area (Å²) < 4.78 is 5.25. The first-order valence-corrected chi connectivity index (χ1v) is 6.02. The number of esters is 1. The quantitative estimate of drug-likeness (QED) is 0.793. The van der Waals surface area contributed by atoms with E-state index < -0.39 is 12.0 Å². The highest BCUT2D eigenvalue weighted by Crippen LogP contribution is 2.29. The standard InChI is InChI=1S/C14H18O3/c1-9-13(15)12(10(2)17-14(9)16)8-11-6-4-3-5-7-11/h3-7,9-10,12-13,15H,8H2,1-2H3/t9-,10-,12+,13-/m1/s1. The average Bonchev–Trinajstić information content (AvgIpc) is 2.33. The summed E-state index contributed by atoms with van der Waals surface area (Å²) in [4.78, 5) is 11.4. The number of hydrogen-bond donors (Lipinski definition) is 1. The van der Waals surface area contributed by atoms with Crippen LogP contribution in [0.1, 0.15) is 19.4 Å². The van der Waals surface area contributed by atoms with Crippen LogP contribution in [0.25, 0.3) is 0 Å². The fourth-order valence-corrected chi connectivity index (χ4v) is 2.34. The molecular weight excluding hydrogens is 216 g/mol. The van der Waals surface area contributed by atoms with E-state index in [-0.39, 0.29) is 18.0 Å². The molecule has 1 N–H and O–H groups in total. The molecule has 0 aromatic heterocycles. The lowest BCUT2D eigenvalue weighted by atomic mass is 9.82. The van der Waals surface area contributed by atoms with Gasteiger partial charge in [-0.1, -0.05) is 30.3 Å². The van der Waals surface area contributed by atoms with Crippen LogP contribution in [0.2, 0.25) is 0 Å². The fraction of sp³-hybridized carbons (Fsp3) is 0.500. The highest BCUT2D eigenvalue weighted by molar-refractivity contribution is 5.73. The zero-order valence-corrected chi connectivity index (χ0v) is 10.2. The number of benzene rings is 1. The number of carbonyl (C=O) groups excluding carboxylic acids is 1. The SMILES string of the molecule is C[C@H]1OC(=O)[C@H](C)[C@@H](O)[C@H]1Cc1ccccc1. The highest BCUT2D eigenvalue weighted by atomic mass is 16.5. The third-order valence-corrected chi connectivity index (χ3v) is 3.54. The Balaban J connectivity index is 2.12. The van der Waals surface area contributed by atoms with Crippen molar-refractivity contribution in [2.75, 3.05) is 0 Å². The molecule has 4 atom stereocenters. The summed E-state index contributed by atoms with van der Waals surface area (Å²) in [6.07, 6.45) is -0.110. The number of rotatable bonds is 2. The predicted molar refractivity (Wildman–Crippen MR) is 64.4 cm³/mol. The molecule has 1 aromatic carbocycles. The van der Waals surface area contributed by atoms with E-state index in [1.807, 2.05) is 37.3 Å². The summed E-state index contributed by atoms with van der Waals surface area (Å²) >= 11 is 0. The minimum Gasteiger partial charge on any atom is -0.462 e. The van der Waals surface area contributed by atoms with Gasteiger partial charge in [-0.05, 0) is 25.8 Å².